The molecule has 2 aromatic rings. The second-order valence-electron chi connectivity index (χ2n) is 4.58. The number of aliphatic hydroxyl groups is 1. The van der Waals surface area contributed by atoms with Crippen molar-refractivity contribution < 1.29 is 19.0 Å². The summed E-state index contributed by atoms with van der Waals surface area (Å²) in [6.07, 6.45) is -0.645. The molecule has 5 heteroatoms. The Bertz CT molecular complexity index is 631. The predicted octanol–water partition coefficient (Wildman–Crippen LogP) is 3.88. The molecule has 2 aromatic carbocycles. The van der Waals surface area contributed by atoms with E-state index in [9.17, 15) is 9.50 Å². The predicted molar refractivity (Wildman–Crippen MR) is 82.3 cm³/mol. The standard InChI is InChI=1S/C16H16BrFO3/c1-20-15-6-3-10(8-16(15)21-2)7-14(19)12-9-11(17)4-5-13(12)18/h3-6,8-9,14,19H,7H2,1-2H3. The molecule has 0 heterocycles. The van der Waals surface area contributed by atoms with Gasteiger partial charge in [0.05, 0.1) is 20.3 Å². The van der Waals surface area contributed by atoms with Gasteiger partial charge in [0.25, 0.3) is 0 Å². The van der Waals surface area contributed by atoms with Crippen LogP contribution in [0.1, 0.15) is 17.2 Å². The van der Waals surface area contributed by atoms with E-state index in [2.05, 4.69) is 15.9 Å². The number of aliphatic hydroxyl groups excluding tert-OH is 1. The molecule has 0 bridgehead atoms. The Kier molecular flexibility index (Phi) is 5.20. The Labute approximate surface area is 131 Å². The highest BCUT2D eigenvalue weighted by atomic mass is 79.9. The summed E-state index contributed by atoms with van der Waals surface area (Å²) in [6.45, 7) is 0. The Morgan fingerprint density at radius 1 is 1.10 bits per heavy atom. The first-order chi connectivity index (χ1) is 10.0. The van der Waals surface area contributed by atoms with Crippen LogP contribution >= 0.6 is 15.9 Å². The quantitative estimate of drug-likeness (QED) is 0.885. The van der Waals surface area contributed by atoms with E-state index >= 15 is 0 Å². The molecule has 0 saturated heterocycles. The minimum absolute atomic E-state index is 0.263. The van der Waals surface area contributed by atoms with Crippen molar-refractivity contribution in [1.82, 2.24) is 0 Å². The Morgan fingerprint density at radius 3 is 2.48 bits per heavy atom. The fourth-order valence-corrected chi connectivity index (χ4v) is 2.49. The van der Waals surface area contributed by atoms with Gasteiger partial charge in [-0.05, 0) is 35.9 Å². The molecule has 112 valence electrons. The van der Waals surface area contributed by atoms with Crippen molar-refractivity contribution in [3.8, 4) is 11.5 Å². The number of halogens is 2. The lowest BCUT2D eigenvalue weighted by Crippen LogP contribution is -2.05. The molecule has 3 nitrogen and oxygen atoms in total. The zero-order valence-corrected chi connectivity index (χ0v) is 13.4. The third-order valence-electron chi connectivity index (χ3n) is 3.19. The van der Waals surface area contributed by atoms with Crippen LogP contribution in [-0.2, 0) is 6.42 Å². The molecule has 0 aliphatic rings. The fourth-order valence-electron chi connectivity index (χ4n) is 2.11. The summed E-state index contributed by atoms with van der Waals surface area (Å²) in [4.78, 5) is 0. The summed E-state index contributed by atoms with van der Waals surface area (Å²) in [5.74, 6) is 0.771. The van der Waals surface area contributed by atoms with Gasteiger partial charge in [0.15, 0.2) is 11.5 Å². The molecule has 0 aromatic heterocycles. The lowest BCUT2D eigenvalue weighted by atomic mass is 10.0. The van der Waals surface area contributed by atoms with Gasteiger partial charge >= 0.3 is 0 Å². The first kappa shape index (κ1) is 15.8. The van der Waals surface area contributed by atoms with Gasteiger partial charge in [0.2, 0.25) is 0 Å². The van der Waals surface area contributed by atoms with Crippen molar-refractivity contribution >= 4 is 15.9 Å². The fraction of sp³-hybridized carbons (Fsp3) is 0.250. The molecule has 1 atom stereocenters. The molecule has 1 N–H and O–H groups in total. The lowest BCUT2D eigenvalue weighted by Gasteiger charge is -2.14. The third-order valence-corrected chi connectivity index (χ3v) is 3.69. The van der Waals surface area contributed by atoms with E-state index in [4.69, 9.17) is 9.47 Å². The van der Waals surface area contributed by atoms with Crippen molar-refractivity contribution in [3.63, 3.8) is 0 Å². The summed E-state index contributed by atoms with van der Waals surface area (Å²) in [5.41, 5.74) is 1.10. The van der Waals surface area contributed by atoms with Gasteiger partial charge in [0, 0.05) is 16.5 Å². The summed E-state index contributed by atoms with van der Waals surface area (Å²) in [7, 11) is 3.11. The van der Waals surface area contributed by atoms with Gasteiger partial charge in [-0.15, -0.1) is 0 Å². The molecule has 1 unspecified atom stereocenters. The maximum absolute atomic E-state index is 13.8. The molecular formula is C16H16BrFO3. The van der Waals surface area contributed by atoms with Gasteiger partial charge in [-0.2, -0.15) is 0 Å². The van der Waals surface area contributed by atoms with Gasteiger partial charge in [-0.3, -0.25) is 0 Å². The zero-order valence-electron chi connectivity index (χ0n) is 11.8. The van der Waals surface area contributed by atoms with Crippen molar-refractivity contribution in [2.24, 2.45) is 0 Å². The maximum Gasteiger partial charge on any atom is 0.160 e. The summed E-state index contributed by atoms with van der Waals surface area (Å²) in [6, 6.07) is 9.87. The molecule has 0 spiro atoms. The highest BCUT2D eigenvalue weighted by molar-refractivity contribution is 9.10. The first-order valence-electron chi connectivity index (χ1n) is 6.39. The number of hydrogen-bond donors (Lipinski definition) is 1. The van der Waals surface area contributed by atoms with E-state index in [1.807, 2.05) is 6.07 Å². The third kappa shape index (κ3) is 3.74. The van der Waals surface area contributed by atoms with Crippen LogP contribution in [0, 0.1) is 5.82 Å². The SMILES string of the molecule is COc1ccc(CC(O)c2cc(Br)ccc2F)cc1OC. The molecular weight excluding hydrogens is 339 g/mol. The van der Waals surface area contributed by atoms with Crippen molar-refractivity contribution in [1.29, 1.82) is 0 Å². The zero-order chi connectivity index (χ0) is 15.4. The maximum atomic E-state index is 13.8. The van der Waals surface area contributed by atoms with Crippen LogP contribution in [-0.4, -0.2) is 19.3 Å². The van der Waals surface area contributed by atoms with E-state index in [-0.39, 0.29) is 12.0 Å². The minimum Gasteiger partial charge on any atom is -0.493 e. The van der Waals surface area contributed by atoms with Gasteiger partial charge in [-0.1, -0.05) is 22.0 Å². The second-order valence-corrected chi connectivity index (χ2v) is 5.49. The molecule has 0 fully saturated rings. The van der Waals surface area contributed by atoms with Gasteiger partial charge in [0.1, 0.15) is 5.82 Å². The van der Waals surface area contributed by atoms with Crippen LogP contribution in [0.15, 0.2) is 40.9 Å². The Balaban J connectivity index is 2.23. The molecule has 0 aliphatic carbocycles. The summed E-state index contributed by atoms with van der Waals surface area (Å²) < 4.78 is 24.9. The van der Waals surface area contributed by atoms with Crippen molar-refractivity contribution in [3.05, 3.63) is 57.8 Å². The molecule has 0 aliphatic heterocycles. The molecule has 0 radical (unpaired) electrons. The highest BCUT2D eigenvalue weighted by Crippen LogP contribution is 2.30. The Hall–Kier alpha value is -1.59. The van der Waals surface area contributed by atoms with Crippen LogP contribution in [0.4, 0.5) is 4.39 Å². The average molecular weight is 355 g/mol. The van der Waals surface area contributed by atoms with Crippen molar-refractivity contribution in [2.75, 3.05) is 14.2 Å². The largest absolute Gasteiger partial charge is 0.493 e. The van der Waals surface area contributed by atoms with Crippen molar-refractivity contribution in [2.45, 2.75) is 12.5 Å². The Morgan fingerprint density at radius 2 is 1.81 bits per heavy atom. The molecule has 21 heavy (non-hydrogen) atoms. The topological polar surface area (TPSA) is 38.7 Å². The van der Waals surface area contributed by atoms with Crippen LogP contribution in [0.2, 0.25) is 0 Å². The normalized spacial score (nSPS) is 12.0. The number of rotatable bonds is 5. The number of hydrogen-bond acceptors (Lipinski definition) is 3. The lowest BCUT2D eigenvalue weighted by molar-refractivity contribution is 0.173. The van der Waals surface area contributed by atoms with E-state index < -0.39 is 11.9 Å². The second kappa shape index (κ2) is 6.91. The van der Waals surface area contributed by atoms with Crippen LogP contribution < -0.4 is 9.47 Å². The van der Waals surface area contributed by atoms with Crippen LogP contribution in [0.25, 0.3) is 0 Å². The molecule has 0 saturated carbocycles. The van der Waals surface area contributed by atoms with Crippen LogP contribution in [0.5, 0.6) is 11.5 Å². The van der Waals surface area contributed by atoms with Gasteiger partial charge in [-0.25, -0.2) is 4.39 Å². The van der Waals surface area contributed by atoms with E-state index in [0.717, 1.165) is 10.0 Å². The first-order valence-corrected chi connectivity index (χ1v) is 7.18. The molecule has 0 amide bonds. The summed E-state index contributed by atoms with van der Waals surface area (Å²) in [5, 5.41) is 10.2. The van der Waals surface area contributed by atoms with Crippen LogP contribution in [0.3, 0.4) is 0 Å². The monoisotopic (exact) mass is 354 g/mol. The number of benzene rings is 2. The van der Waals surface area contributed by atoms with E-state index in [1.54, 1.807) is 38.5 Å². The number of ether oxygens (including phenoxy) is 2. The average Bonchev–Trinajstić information content (AvgIpc) is 2.49. The molecule has 2 rings (SSSR count). The smallest absolute Gasteiger partial charge is 0.160 e. The highest BCUT2D eigenvalue weighted by Gasteiger charge is 2.15. The van der Waals surface area contributed by atoms with E-state index in [1.165, 1.54) is 6.07 Å². The van der Waals surface area contributed by atoms with Gasteiger partial charge < -0.3 is 14.6 Å². The minimum atomic E-state index is -0.930. The number of methoxy groups -OCH3 is 2. The van der Waals surface area contributed by atoms with E-state index in [0.29, 0.717) is 11.5 Å². The summed E-state index contributed by atoms with van der Waals surface area (Å²) >= 11 is 3.28.